The Hall–Kier alpha value is -1.84. The van der Waals surface area contributed by atoms with Crippen molar-refractivity contribution < 1.29 is 9.84 Å². The second-order valence-corrected chi connectivity index (χ2v) is 4.56. The monoisotopic (exact) mass is 257 g/mol. The van der Waals surface area contributed by atoms with Crippen molar-refractivity contribution in [2.24, 2.45) is 5.73 Å². The maximum Gasteiger partial charge on any atom is 0.136 e. The standard InChI is InChI=1S/C16H19NO2/c1-12-3-2-4-14(9-12)16(10-17)19-15-7-5-13(11-18)6-8-15/h2-9,16,18H,10-11,17H2,1H3. The Morgan fingerprint density at radius 1 is 1.16 bits per heavy atom. The van der Waals surface area contributed by atoms with Gasteiger partial charge in [0.2, 0.25) is 0 Å². The van der Waals surface area contributed by atoms with E-state index in [0.717, 1.165) is 16.9 Å². The van der Waals surface area contributed by atoms with Gasteiger partial charge in [0.15, 0.2) is 0 Å². The predicted octanol–water partition coefficient (Wildman–Crippen LogP) is 2.57. The highest BCUT2D eigenvalue weighted by Gasteiger charge is 2.11. The van der Waals surface area contributed by atoms with E-state index in [9.17, 15) is 0 Å². The minimum absolute atomic E-state index is 0.0402. The fourth-order valence-electron chi connectivity index (χ4n) is 1.96. The van der Waals surface area contributed by atoms with E-state index in [1.54, 1.807) is 0 Å². The molecule has 2 aromatic rings. The van der Waals surface area contributed by atoms with E-state index < -0.39 is 0 Å². The fraction of sp³-hybridized carbons (Fsp3) is 0.250. The molecule has 0 aromatic heterocycles. The van der Waals surface area contributed by atoms with Crippen LogP contribution in [0.25, 0.3) is 0 Å². The van der Waals surface area contributed by atoms with Gasteiger partial charge in [0.05, 0.1) is 6.61 Å². The Kier molecular flexibility index (Phi) is 4.55. The molecule has 0 saturated carbocycles. The van der Waals surface area contributed by atoms with Crippen LogP contribution in [0.5, 0.6) is 5.75 Å². The highest BCUT2D eigenvalue weighted by Crippen LogP contribution is 2.22. The third kappa shape index (κ3) is 3.56. The highest BCUT2D eigenvalue weighted by molar-refractivity contribution is 5.29. The average molecular weight is 257 g/mol. The molecule has 19 heavy (non-hydrogen) atoms. The Morgan fingerprint density at radius 3 is 2.47 bits per heavy atom. The summed E-state index contributed by atoms with van der Waals surface area (Å²) in [6, 6.07) is 15.6. The summed E-state index contributed by atoms with van der Waals surface area (Å²) in [5, 5.41) is 9.00. The van der Waals surface area contributed by atoms with Crippen molar-refractivity contribution in [2.75, 3.05) is 6.54 Å². The van der Waals surface area contributed by atoms with Gasteiger partial charge in [-0.05, 0) is 30.2 Å². The SMILES string of the molecule is Cc1cccc(C(CN)Oc2ccc(CO)cc2)c1. The van der Waals surface area contributed by atoms with Crippen LogP contribution in [0.1, 0.15) is 22.8 Å². The molecule has 0 amide bonds. The second kappa shape index (κ2) is 6.36. The lowest BCUT2D eigenvalue weighted by Crippen LogP contribution is -2.18. The number of rotatable bonds is 5. The summed E-state index contributed by atoms with van der Waals surface area (Å²) in [4.78, 5) is 0. The highest BCUT2D eigenvalue weighted by atomic mass is 16.5. The summed E-state index contributed by atoms with van der Waals surface area (Å²) >= 11 is 0. The first-order valence-corrected chi connectivity index (χ1v) is 6.36. The van der Waals surface area contributed by atoms with Crippen LogP contribution in [-0.2, 0) is 6.61 Å². The van der Waals surface area contributed by atoms with Gasteiger partial charge in [-0.3, -0.25) is 0 Å². The van der Waals surface area contributed by atoms with Crippen molar-refractivity contribution in [3.8, 4) is 5.75 Å². The van der Waals surface area contributed by atoms with E-state index in [0.29, 0.717) is 6.54 Å². The maximum absolute atomic E-state index is 9.00. The largest absolute Gasteiger partial charge is 0.484 e. The molecule has 3 N–H and O–H groups in total. The zero-order chi connectivity index (χ0) is 13.7. The van der Waals surface area contributed by atoms with Crippen molar-refractivity contribution in [3.63, 3.8) is 0 Å². The molecule has 0 radical (unpaired) electrons. The van der Waals surface area contributed by atoms with Gasteiger partial charge in [-0.2, -0.15) is 0 Å². The van der Waals surface area contributed by atoms with Crippen LogP contribution in [0, 0.1) is 6.92 Å². The molecule has 1 unspecified atom stereocenters. The topological polar surface area (TPSA) is 55.5 Å². The first-order valence-electron chi connectivity index (χ1n) is 6.36. The van der Waals surface area contributed by atoms with E-state index >= 15 is 0 Å². The number of hydrogen-bond donors (Lipinski definition) is 2. The molecule has 0 fully saturated rings. The quantitative estimate of drug-likeness (QED) is 0.865. The van der Waals surface area contributed by atoms with Crippen molar-refractivity contribution in [3.05, 3.63) is 65.2 Å². The van der Waals surface area contributed by atoms with Gasteiger partial charge in [-0.25, -0.2) is 0 Å². The molecule has 0 aliphatic carbocycles. The molecule has 0 heterocycles. The van der Waals surface area contributed by atoms with Crippen LogP contribution in [0.2, 0.25) is 0 Å². The summed E-state index contributed by atoms with van der Waals surface area (Å²) in [6.07, 6.45) is -0.153. The van der Waals surface area contributed by atoms with Gasteiger partial charge in [0.1, 0.15) is 11.9 Å². The third-order valence-corrected chi connectivity index (χ3v) is 3.01. The Labute approximate surface area is 113 Å². The number of aliphatic hydroxyl groups is 1. The van der Waals surface area contributed by atoms with Crippen molar-refractivity contribution in [1.82, 2.24) is 0 Å². The third-order valence-electron chi connectivity index (χ3n) is 3.01. The number of aliphatic hydroxyl groups excluding tert-OH is 1. The first kappa shape index (κ1) is 13.6. The molecule has 0 aliphatic heterocycles. The minimum atomic E-state index is -0.153. The van der Waals surface area contributed by atoms with Crippen LogP contribution < -0.4 is 10.5 Å². The molecule has 2 aromatic carbocycles. The minimum Gasteiger partial charge on any atom is -0.484 e. The van der Waals surface area contributed by atoms with Gasteiger partial charge in [0.25, 0.3) is 0 Å². The van der Waals surface area contributed by atoms with Crippen LogP contribution >= 0.6 is 0 Å². The molecule has 2 rings (SSSR count). The lowest BCUT2D eigenvalue weighted by molar-refractivity contribution is 0.214. The molecule has 0 spiro atoms. The van der Waals surface area contributed by atoms with E-state index in [2.05, 4.69) is 6.07 Å². The number of aryl methyl sites for hydroxylation is 1. The van der Waals surface area contributed by atoms with E-state index in [-0.39, 0.29) is 12.7 Å². The van der Waals surface area contributed by atoms with Gasteiger partial charge < -0.3 is 15.6 Å². The van der Waals surface area contributed by atoms with Crippen LogP contribution in [0.15, 0.2) is 48.5 Å². The molecule has 100 valence electrons. The fourth-order valence-corrected chi connectivity index (χ4v) is 1.96. The molecule has 1 atom stereocenters. The zero-order valence-corrected chi connectivity index (χ0v) is 11.0. The van der Waals surface area contributed by atoms with Crippen molar-refractivity contribution in [2.45, 2.75) is 19.6 Å². The van der Waals surface area contributed by atoms with Gasteiger partial charge in [-0.15, -0.1) is 0 Å². The Morgan fingerprint density at radius 2 is 1.89 bits per heavy atom. The zero-order valence-electron chi connectivity index (χ0n) is 11.0. The summed E-state index contributed by atoms with van der Waals surface area (Å²) < 4.78 is 5.90. The van der Waals surface area contributed by atoms with Crippen molar-refractivity contribution in [1.29, 1.82) is 0 Å². The molecule has 3 nitrogen and oxygen atoms in total. The normalized spacial score (nSPS) is 12.2. The summed E-state index contributed by atoms with van der Waals surface area (Å²) in [5.41, 5.74) is 8.93. The van der Waals surface area contributed by atoms with Crippen molar-refractivity contribution >= 4 is 0 Å². The summed E-state index contributed by atoms with van der Waals surface area (Å²) in [6.45, 7) is 2.51. The first-order chi connectivity index (χ1) is 9.22. The molecule has 0 saturated heterocycles. The Balaban J connectivity index is 2.14. The lowest BCUT2D eigenvalue weighted by atomic mass is 10.1. The average Bonchev–Trinajstić information content (AvgIpc) is 2.45. The van der Waals surface area contributed by atoms with Gasteiger partial charge in [-0.1, -0.05) is 42.0 Å². The molecule has 0 aliphatic rings. The molecular formula is C16H19NO2. The van der Waals surface area contributed by atoms with Crippen LogP contribution in [0.4, 0.5) is 0 Å². The Bertz CT molecular complexity index is 523. The van der Waals surface area contributed by atoms with Crippen LogP contribution in [0.3, 0.4) is 0 Å². The molecular weight excluding hydrogens is 238 g/mol. The second-order valence-electron chi connectivity index (χ2n) is 4.56. The maximum atomic E-state index is 9.00. The number of benzene rings is 2. The smallest absolute Gasteiger partial charge is 0.136 e. The molecule has 0 bridgehead atoms. The molecule has 3 heteroatoms. The van der Waals surface area contributed by atoms with E-state index in [1.165, 1.54) is 5.56 Å². The van der Waals surface area contributed by atoms with Gasteiger partial charge >= 0.3 is 0 Å². The lowest BCUT2D eigenvalue weighted by Gasteiger charge is -2.18. The van der Waals surface area contributed by atoms with E-state index in [4.69, 9.17) is 15.6 Å². The van der Waals surface area contributed by atoms with Gasteiger partial charge in [0, 0.05) is 6.54 Å². The number of hydrogen-bond acceptors (Lipinski definition) is 3. The number of ether oxygens (including phenoxy) is 1. The summed E-state index contributed by atoms with van der Waals surface area (Å²) in [7, 11) is 0. The van der Waals surface area contributed by atoms with Crippen LogP contribution in [-0.4, -0.2) is 11.7 Å². The van der Waals surface area contributed by atoms with E-state index in [1.807, 2.05) is 49.4 Å². The summed E-state index contributed by atoms with van der Waals surface area (Å²) in [5.74, 6) is 0.758. The number of nitrogens with two attached hydrogens (primary N) is 1. The predicted molar refractivity (Wildman–Crippen MR) is 76.0 cm³/mol.